The van der Waals surface area contributed by atoms with Crippen molar-refractivity contribution in [3.63, 3.8) is 0 Å². The molecule has 0 aromatic heterocycles. The second-order valence-electron chi connectivity index (χ2n) is 5.58. The summed E-state index contributed by atoms with van der Waals surface area (Å²) in [5.41, 5.74) is 3.41. The molecule has 0 amide bonds. The van der Waals surface area contributed by atoms with Crippen LogP contribution in [-0.2, 0) is 6.42 Å². The van der Waals surface area contributed by atoms with Gasteiger partial charge in [0, 0.05) is 18.0 Å². The summed E-state index contributed by atoms with van der Waals surface area (Å²) in [5.74, 6) is 1.46. The second-order valence-corrected chi connectivity index (χ2v) is 5.85. The van der Waals surface area contributed by atoms with Gasteiger partial charge in [-0.2, -0.15) is 0 Å². The molecule has 3 rings (SSSR count). The number of alkyl halides is 1. The molecule has 0 spiro atoms. The molecule has 92 valence electrons. The highest BCUT2D eigenvalue weighted by atomic mass is 35.5. The molecule has 1 unspecified atom stereocenters. The van der Waals surface area contributed by atoms with Crippen LogP contribution in [0.25, 0.3) is 0 Å². The molecular formula is C15H20ClN. The first-order chi connectivity index (χ1) is 8.33. The van der Waals surface area contributed by atoms with Crippen molar-refractivity contribution in [1.29, 1.82) is 0 Å². The number of fused-ring (bicyclic) bond motifs is 1. The van der Waals surface area contributed by atoms with Crippen LogP contribution in [0.4, 0.5) is 0 Å². The van der Waals surface area contributed by atoms with Gasteiger partial charge in [0.05, 0.1) is 0 Å². The van der Waals surface area contributed by atoms with E-state index in [9.17, 15) is 0 Å². The Morgan fingerprint density at radius 3 is 2.88 bits per heavy atom. The molecule has 2 aliphatic rings. The van der Waals surface area contributed by atoms with Crippen LogP contribution in [0.15, 0.2) is 24.3 Å². The van der Waals surface area contributed by atoms with Gasteiger partial charge in [0.15, 0.2) is 0 Å². The van der Waals surface area contributed by atoms with Gasteiger partial charge >= 0.3 is 0 Å². The summed E-state index contributed by atoms with van der Waals surface area (Å²) in [6, 6.07) is 8.93. The molecule has 2 heteroatoms. The van der Waals surface area contributed by atoms with Crippen LogP contribution >= 0.6 is 11.6 Å². The zero-order valence-electron chi connectivity index (χ0n) is 10.2. The van der Waals surface area contributed by atoms with E-state index in [0.717, 1.165) is 12.4 Å². The number of halogens is 1. The number of hydrogen-bond acceptors (Lipinski definition) is 1. The Morgan fingerprint density at radius 1 is 1.29 bits per heavy atom. The fourth-order valence-electron chi connectivity index (χ4n) is 2.91. The molecule has 1 atom stereocenters. The van der Waals surface area contributed by atoms with Crippen molar-refractivity contribution < 1.29 is 0 Å². The first-order valence-corrected chi connectivity index (χ1v) is 7.25. The molecular weight excluding hydrogens is 230 g/mol. The summed E-state index contributed by atoms with van der Waals surface area (Å²) in [6.07, 6.45) is 6.42. The minimum atomic E-state index is 0.286. The number of aryl methyl sites for hydroxylation is 1. The fraction of sp³-hybridized carbons (Fsp3) is 0.600. The Bertz CT molecular complexity index is 398. The van der Waals surface area contributed by atoms with E-state index >= 15 is 0 Å². The fourth-order valence-corrected chi connectivity index (χ4v) is 3.28. The Balaban J connectivity index is 1.68. The largest absolute Gasteiger partial charge is 0.309 e. The van der Waals surface area contributed by atoms with E-state index in [2.05, 4.69) is 29.6 Å². The zero-order valence-corrected chi connectivity index (χ0v) is 11.0. The Labute approximate surface area is 109 Å². The Morgan fingerprint density at radius 2 is 2.12 bits per heavy atom. The quantitative estimate of drug-likeness (QED) is 0.806. The predicted octanol–water partition coefficient (Wildman–Crippen LogP) is 3.47. The minimum Gasteiger partial charge on any atom is -0.309 e. The van der Waals surface area contributed by atoms with E-state index in [1.165, 1.54) is 32.1 Å². The summed E-state index contributed by atoms with van der Waals surface area (Å²) in [4.78, 5) is 0. The van der Waals surface area contributed by atoms with Gasteiger partial charge in [0.25, 0.3) is 0 Å². The summed E-state index contributed by atoms with van der Waals surface area (Å²) >= 11 is 6.01. The van der Waals surface area contributed by atoms with E-state index in [0.29, 0.717) is 5.92 Å². The normalized spacial score (nSPS) is 25.4. The van der Waals surface area contributed by atoms with Crippen LogP contribution in [0.2, 0.25) is 0 Å². The van der Waals surface area contributed by atoms with E-state index in [1.54, 1.807) is 11.1 Å². The van der Waals surface area contributed by atoms with Crippen LogP contribution < -0.4 is 5.32 Å². The third-order valence-corrected chi connectivity index (χ3v) is 4.84. The standard InChI is InChI=1S/C15H20ClN/c16-11-15(8-9-15)17-10-13-6-3-5-12-4-1-2-7-14(12)13/h1-2,4,7,13,17H,3,5-6,8-11H2. The van der Waals surface area contributed by atoms with Crippen molar-refractivity contribution in [2.24, 2.45) is 0 Å². The molecule has 1 aromatic carbocycles. The average molecular weight is 250 g/mol. The Kier molecular flexibility index (Phi) is 3.14. The van der Waals surface area contributed by atoms with Crippen LogP contribution in [0.5, 0.6) is 0 Å². The lowest BCUT2D eigenvalue weighted by Gasteiger charge is -2.27. The highest BCUT2D eigenvalue weighted by Crippen LogP contribution is 2.38. The molecule has 17 heavy (non-hydrogen) atoms. The lowest BCUT2D eigenvalue weighted by molar-refractivity contribution is 0.459. The Hall–Kier alpha value is -0.530. The molecule has 2 aliphatic carbocycles. The number of hydrogen-bond donors (Lipinski definition) is 1. The van der Waals surface area contributed by atoms with Crippen LogP contribution in [0, 0.1) is 0 Å². The molecule has 0 aliphatic heterocycles. The van der Waals surface area contributed by atoms with Gasteiger partial charge in [-0.3, -0.25) is 0 Å². The van der Waals surface area contributed by atoms with Gasteiger partial charge < -0.3 is 5.32 Å². The number of benzene rings is 1. The maximum absolute atomic E-state index is 6.01. The highest BCUT2D eigenvalue weighted by molar-refractivity contribution is 6.18. The summed E-state index contributed by atoms with van der Waals surface area (Å²) < 4.78 is 0. The zero-order chi connectivity index (χ0) is 11.7. The molecule has 1 aromatic rings. The van der Waals surface area contributed by atoms with E-state index < -0.39 is 0 Å². The van der Waals surface area contributed by atoms with Crippen LogP contribution in [0.1, 0.15) is 42.7 Å². The van der Waals surface area contributed by atoms with Gasteiger partial charge in [0.1, 0.15) is 0 Å². The molecule has 0 heterocycles. The number of rotatable bonds is 4. The minimum absolute atomic E-state index is 0.286. The van der Waals surface area contributed by atoms with Gasteiger partial charge in [-0.1, -0.05) is 24.3 Å². The van der Waals surface area contributed by atoms with Crippen molar-refractivity contribution in [2.75, 3.05) is 12.4 Å². The van der Waals surface area contributed by atoms with Gasteiger partial charge in [0.2, 0.25) is 0 Å². The predicted molar refractivity (Wildman–Crippen MR) is 72.8 cm³/mol. The lowest BCUT2D eigenvalue weighted by Crippen LogP contribution is -2.36. The molecule has 1 N–H and O–H groups in total. The molecule has 0 saturated heterocycles. The van der Waals surface area contributed by atoms with Crippen LogP contribution in [0.3, 0.4) is 0 Å². The topological polar surface area (TPSA) is 12.0 Å². The SMILES string of the molecule is ClCC1(NCC2CCCc3ccccc32)CC1. The third kappa shape index (κ3) is 2.36. The smallest absolute Gasteiger partial charge is 0.0406 e. The van der Waals surface area contributed by atoms with Crippen molar-refractivity contribution in [2.45, 2.75) is 43.6 Å². The van der Waals surface area contributed by atoms with Crippen molar-refractivity contribution in [3.05, 3.63) is 35.4 Å². The van der Waals surface area contributed by atoms with E-state index in [4.69, 9.17) is 11.6 Å². The van der Waals surface area contributed by atoms with Gasteiger partial charge in [-0.05, 0) is 49.1 Å². The molecule has 0 radical (unpaired) electrons. The van der Waals surface area contributed by atoms with Gasteiger partial charge in [-0.15, -0.1) is 11.6 Å². The van der Waals surface area contributed by atoms with Crippen LogP contribution in [-0.4, -0.2) is 18.0 Å². The maximum atomic E-state index is 6.01. The monoisotopic (exact) mass is 249 g/mol. The van der Waals surface area contributed by atoms with Crippen molar-refractivity contribution in [1.82, 2.24) is 5.32 Å². The molecule has 0 bridgehead atoms. The molecule has 1 fully saturated rings. The molecule has 1 nitrogen and oxygen atoms in total. The first kappa shape index (κ1) is 11.6. The van der Waals surface area contributed by atoms with Crippen molar-refractivity contribution >= 4 is 11.6 Å². The van der Waals surface area contributed by atoms with E-state index in [1.807, 2.05) is 0 Å². The third-order valence-electron chi connectivity index (χ3n) is 4.33. The first-order valence-electron chi connectivity index (χ1n) is 6.72. The van der Waals surface area contributed by atoms with Crippen molar-refractivity contribution in [3.8, 4) is 0 Å². The average Bonchev–Trinajstić information content (AvgIpc) is 3.17. The maximum Gasteiger partial charge on any atom is 0.0406 e. The summed E-state index contributed by atoms with van der Waals surface area (Å²) in [5, 5.41) is 3.70. The summed E-state index contributed by atoms with van der Waals surface area (Å²) in [7, 11) is 0. The molecule has 1 saturated carbocycles. The highest BCUT2D eigenvalue weighted by Gasteiger charge is 2.41. The van der Waals surface area contributed by atoms with Gasteiger partial charge in [-0.25, -0.2) is 0 Å². The summed E-state index contributed by atoms with van der Waals surface area (Å²) in [6.45, 7) is 1.10. The number of nitrogens with one attached hydrogen (secondary N) is 1. The second kappa shape index (κ2) is 4.62. The lowest BCUT2D eigenvalue weighted by atomic mass is 9.83. The van der Waals surface area contributed by atoms with E-state index in [-0.39, 0.29) is 5.54 Å².